The van der Waals surface area contributed by atoms with Crippen LogP contribution in [0.2, 0.25) is 0 Å². The van der Waals surface area contributed by atoms with Gasteiger partial charge < -0.3 is 9.64 Å². The van der Waals surface area contributed by atoms with Crippen LogP contribution < -0.4 is 5.32 Å². The number of ether oxygens (including phenoxy) is 1. The molecule has 1 fully saturated rings. The van der Waals surface area contributed by atoms with Crippen molar-refractivity contribution in [2.45, 2.75) is 64.2 Å². The van der Waals surface area contributed by atoms with Gasteiger partial charge in [-0.25, -0.2) is 0 Å². The summed E-state index contributed by atoms with van der Waals surface area (Å²) in [6.45, 7) is 4.99. The molecule has 0 spiro atoms. The molecule has 0 atom stereocenters. The zero-order valence-corrected chi connectivity index (χ0v) is 14.0. The van der Waals surface area contributed by atoms with E-state index in [2.05, 4.69) is 11.9 Å². The van der Waals surface area contributed by atoms with Crippen LogP contribution in [-0.4, -0.2) is 37.0 Å². The summed E-state index contributed by atoms with van der Waals surface area (Å²) < 4.78 is 5.59. The van der Waals surface area contributed by atoms with Gasteiger partial charge in [-0.3, -0.25) is 15.5 Å². The molecular formula is C17H31N3O2. The van der Waals surface area contributed by atoms with Crippen molar-refractivity contribution in [1.29, 1.82) is 5.41 Å². The van der Waals surface area contributed by atoms with Crippen LogP contribution in [0.1, 0.15) is 64.2 Å². The fourth-order valence-corrected chi connectivity index (χ4v) is 2.52. The molecule has 0 aliphatic carbocycles. The van der Waals surface area contributed by atoms with Gasteiger partial charge in [-0.1, -0.05) is 51.5 Å². The van der Waals surface area contributed by atoms with E-state index in [9.17, 15) is 4.79 Å². The van der Waals surface area contributed by atoms with Crippen molar-refractivity contribution in [3.8, 4) is 0 Å². The van der Waals surface area contributed by atoms with Crippen LogP contribution in [0.25, 0.3) is 0 Å². The van der Waals surface area contributed by atoms with E-state index >= 15 is 0 Å². The van der Waals surface area contributed by atoms with Crippen molar-refractivity contribution < 1.29 is 9.53 Å². The van der Waals surface area contributed by atoms with Crippen LogP contribution in [0, 0.1) is 5.41 Å². The predicted molar refractivity (Wildman–Crippen MR) is 89.8 cm³/mol. The minimum atomic E-state index is -0.0792. The van der Waals surface area contributed by atoms with Crippen LogP contribution in [0.3, 0.4) is 0 Å². The van der Waals surface area contributed by atoms with Gasteiger partial charge in [0.2, 0.25) is 5.91 Å². The minimum absolute atomic E-state index is 0.0792. The van der Waals surface area contributed by atoms with Crippen LogP contribution in [0.15, 0.2) is 12.3 Å². The molecule has 0 radical (unpaired) electrons. The maximum absolute atomic E-state index is 11.8. The number of likely N-dealkylation sites (N-methyl/N-ethyl adjacent to an activating group) is 1. The van der Waals surface area contributed by atoms with Gasteiger partial charge in [-0.05, 0) is 12.8 Å². The van der Waals surface area contributed by atoms with E-state index in [1.165, 1.54) is 38.5 Å². The summed E-state index contributed by atoms with van der Waals surface area (Å²) in [5.41, 5.74) is 0. The first-order chi connectivity index (χ1) is 10.6. The van der Waals surface area contributed by atoms with Gasteiger partial charge in [0.15, 0.2) is 5.96 Å². The molecule has 0 aromatic heterocycles. The molecular weight excluding hydrogens is 278 g/mol. The summed E-state index contributed by atoms with van der Waals surface area (Å²) in [5.74, 6) is 0.669. The Kier molecular flexibility index (Phi) is 9.35. The normalized spacial score (nSPS) is 21.5. The summed E-state index contributed by atoms with van der Waals surface area (Å²) >= 11 is 0. The number of carbonyl (C=O) groups is 1. The lowest BCUT2D eigenvalue weighted by Gasteiger charge is -2.21. The maximum atomic E-state index is 11.8. The van der Waals surface area contributed by atoms with E-state index in [0.717, 1.165) is 19.3 Å². The van der Waals surface area contributed by atoms with E-state index in [0.29, 0.717) is 25.3 Å². The highest BCUT2D eigenvalue weighted by Crippen LogP contribution is 2.11. The second kappa shape index (κ2) is 11.1. The first-order valence-electron chi connectivity index (χ1n) is 8.49. The number of carbonyl (C=O) groups excluding carboxylic acids is 1. The lowest BCUT2D eigenvalue weighted by atomic mass is 10.1. The standard InChI is InChI=1S/C17H31N3O2/c1-15-14-20(2)17(18)19-16(21)12-10-8-6-4-3-5-7-9-11-13-22-15/h1,3-14H2,2H3,(H2,18,19,21). The van der Waals surface area contributed by atoms with E-state index in [4.69, 9.17) is 10.1 Å². The molecule has 0 unspecified atom stereocenters. The Morgan fingerprint density at radius 3 is 2.23 bits per heavy atom. The largest absolute Gasteiger partial charge is 0.497 e. The van der Waals surface area contributed by atoms with Crippen molar-refractivity contribution in [2.24, 2.45) is 0 Å². The number of amides is 1. The topological polar surface area (TPSA) is 65.4 Å². The van der Waals surface area contributed by atoms with Crippen LogP contribution in [0.4, 0.5) is 0 Å². The number of nitrogens with zero attached hydrogens (tertiary/aromatic N) is 1. The average molecular weight is 309 g/mol. The van der Waals surface area contributed by atoms with Crippen molar-refractivity contribution in [3.63, 3.8) is 0 Å². The molecule has 5 nitrogen and oxygen atoms in total. The zero-order valence-electron chi connectivity index (χ0n) is 14.0. The molecule has 0 saturated carbocycles. The summed E-state index contributed by atoms with van der Waals surface area (Å²) in [6.07, 6.45) is 11.1. The smallest absolute Gasteiger partial charge is 0.226 e. The molecule has 0 aromatic rings. The molecule has 1 rings (SSSR count). The number of rotatable bonds is 0. The zero-order chi connectivity index (χ0) is 16.2. The molecule has 0 bridgehead atoms. The predicted octanol–water partition coefficient (Wildman–Crippen LogP) is 3.41. The monoisotopic (exact) mass is 309 g/mol. The lowest BCUT2D eigenvalue weighted by molar-refractivity contribution is -0.120. The van der Waals surface area contributed by atoms with Gasteiger partial charge in [0.05, 0.1) is 13.2 Å². The Bertz CT molecular complexity index is 369. The fraction of sp³-hybridized carbons (Fsp3) is 0.765. The third-order valence-electron chi connectivity index (χ3n) is 3.91. The van der Waals surface area contributed by atoms with Crippen molar-refractivity contribution in [3.05, 3.63) is 12.3 Å². The third kappa shape index (κ3) is 8.70. The SMILES string of the molecule is C=C1CN(C)C(=N)NC(=O)CCCCCCCCCCCO1. The minimum Gasteiger partial charge on any atom is -0.497 e. The molecule has 2 N–H and O–H groups in total. The molecule has 1 heterocycles. The molecule has 126 valence electrons. The lowest BCUT2D eigenvalue weighted by Crippen LogP contribution is -2.42. The van der Waals surface area contributed by atoms with Crippen molar-refractivity contribution in [2.75, 3.05) is 20.2 Å². The van der Waals surface area contributed by atoms with E-state index in [1.54, 1.807) is 11.9 Å². The number of nitrogens with one attached hydrogen (secondary N) is 2. The van der Waals surface area contributed by atoms with Crippen molar-refractivity contribution in [1.82, 2.24) is 10.2 Å². The summed E-state index contributed by atoms with van der Waals surface area (Å²) in [6, 6.07) is 0. The Morgan fingerprint density at radius 2 is 1.59 bits per heavy atom. The average Bonchev–Trinajstić information content (AvgIpc) is 2.47. The Labute approximate surface area is 134 Å². The fourth-order valence-electron chi connectivity index (χ4n) is 2.52. The molecule has 22 heavy (non-hydrogen) atoms. The molecule has 1 aliphatic heterocycles. The van der Waals surface area contributed by atoms with Gasteiger partial charge in [0.1, 0.15) is 5.76 Å². The van der Waals surface area contributed by atoms with Crippen LogP contribution in [0.5, 0.6) is 0 Å². The molecule has 1 aliphatic rings. The maximum Gasteiger partial charge on any atom is 0.226 e. The molecule has 5 heteroatoms. The van der Waals surface area contributed by atoms with Crippen LogP contribution in [-0.2, 0) is 9.53 Å². The summed E-state index contributed by atoms with van der Waals surface area (Å²) in [5, 5.41) is 10.5. The van der Waals surface area contributed by atoms with Gasteiger partial charge in [0.25, 0.3) is 0 Å². The summed E-state index contributed by atoms with van der Waals surface area (Å²) in [7, 11) is 1.76. The molecule has 1 saturated heterocycles. The van der Waals surface area contributed by atoms with Crippen molar-refractivity contribution >= 4 is 11.9 Å². The number of hydrogen-bond acceptors (Lipinski definition) is 3. The first-order valence-corrected chi connectivity index (χ1v) is 8.49. The van der Waals surface area contributed by atoms with Gasteiger partial charge in [0, 0.05) is 13.5 Å². The number of hydrogen-bond donors (Lipinski definition) is 2. The van der Waals surface area contributed by atoms with E-state index in [1.807, 2.05) is 0 Å². The summed E-state index contributed by atoms with van der Waals surface area (Å²) in [4.78, 5) is 13.4. The Balaban J connectivity index is 2.42. The number of guanidine groups is 1. The highest BCUT2D eigenvalue weighted by Gasteiger charge is 2.10. The van der Waals surface area contributed by atoms with Crippen LogP contribution >= 0.6 is 0 Å². The first kappa shape index (κ1) is 18.5. The second-order valence-electron chi connectivity index (χ2n) is 6.07. The molecule has 0 aromatic carbocycles. The van der Waals surface area contributed by atoms with Gasteiger partial charge in [-0.2, -0.15) is 0 Å². The van der Waals surface area contributed by atoms with E-state index in [-0.39, 0.29) is 11.9 Å². The van der Waals surface area contributed by atoms with Gasteiger partial charge in [-0.15, -0.1) is 0 Å². The third-order valence-corrected chi connectivity index (χ3v) is 3.91. The Morgan fingerprint density at radius 1 is 1.05 bits per heavy atom. The highest BCUT2D eigenvalue weighted by molar-refractivity contribution is 5.95. The van der Waals surface area contributed by atoms with Gasteiger partial charge >= 0.3 is 0 Å². The Hall–Kier alpha value is -1.52. The van der Waals surface area contributed by atoms with E-state index < -0.39 is 0 Å². The highest BCUT2D eigenvalue weighted by atomic mass is 16.5. The molecule has 1 amide bonds. The second-order valence-corrected chi connectivity index (χ2v) is 6.07. The quantitative estimate of drug-likeness (QED) is 0.720.